The van der Waals surface area contributed by atoms with Crippen molar-refractivity contribution in [1.29, 1.82) is 5.41 Å². The Morgan fingerprint density at radius 3 is 2.21 bits per heavy atom. The smallest absolute Gasteiger partial charge is 0.300 e. The summed E-state index contributed by atoms with van der Waals surface area (Å²) in [5, 5.41) is 14.3. The fourth-order valence-electron chi connectivity index (χ4n) is 1.22. The van der Waals surface area contributed by atoms with Crippen LogP contribution >= 0.6 is 0 Å². The molecule has 1 unspecified atom stereocenters. The molecule has 0 heterocycles. The predicted octanol–water partition coefficient (Wildman–Crippen LogP) is 1.45. The van der Waals surface area contributed by atoms with E-state index in [1.807, 2.05) is 0 Å². The third-order valence-electron chi connectivity index (χ3n) is 1.84. The molecule has 1 aliphatic carbocycles. The van der Waals surface area contributed by atoms with Gasteiger partial charge in [0.05, 0.1) is 5.84 Å². The first-order chi connectivity index (χ1) is 6.24. The van der Waals surface area contributed by atoms with Crippen molar-refractivity contribution >= 4 is 11.8 Å². The number of hydrogen-bond donors (Lipinski definition) is 3. The van der Waals surface area contributed by atoms with Crippen LogP contribution < -0.4 is 5.73 Å². The Kier molecular flexibility index (Phi) is 4.46. The van der Waals surface area contributed by atoms with Gasteiger partial charge in [0.2, 0.25) is 5.92 Å². The third-order valence-corrected chi connectivity index (χ3v) is 1.84. The van der Waals surface area contributed by atoms with Gasteiger partial charge in [-0.25, -0.2) is 8.78 Å². The first-order valence-corrected chi connectivity index (χ1v) is 4.16. The van der Waals surface area contributed by atoms with E-state index >= 15 is 0 Å². The molecule has 0 amide bonds. The van der Waals surface area contributed by atoms with Gasteiger partial charge in [-0.15, -0.1) is 0 Å². The van der Waals surface area contributed by atoms with Crippen LogP contribution in [0.1, 0.15) is 26.2 Å². The molecule has 0 radical (unpaired) electrons. The second kappa shape index (κ2) is 4.88. The maximum absolute atomic E-state index is 12.4. The monoisotopic (exact) mass is 208 g/mol. The van der Waals surface area contributed by atoms with E-state index in [9.17, 15) is 8.78 Å². The van der Waals surface area contributed by atoms with E-state index in [0.717, 1.165) is 6.92 Å². The number of halogens is 2. The minimum Gasteiger partial charge on any atom is -0.481 e. The molecule has 0 bridgehead atoms. The topological polar surface area (TPSA) is 87.2 Å². The van der Waals surface area contributed by atoms with Gasteiger partial charge in [-0.1, -0.05) is 0 Å². The van der Waals surface area contributed by atoms with E-state index in [4.69, 9.17) is 21.0 Å². The molecule has 1 saturated carbocycles. The van der Waals surface area contributed by atoms with Crippen LogP contribution in [0.15, 0.2) is 0 Å². The van der Waals surface area contributed by atoms with Crippen LogP contribution in [0.2, 0.25) is 0 Å². The normalized spacial score (nSPS) is 23.5. The van der Waals surface area contributed by atoms with Crippen LogP contribution in [0.4, 0.5) is 8.78 Å². The number of carbonyl (C=O) groups is 1. The molecule has 4 nitrogen and oxygen atoms in total. The largest absolute Gasteiger partial charge is 0.481 e. The maximum Gasteiger partial charge on any atom is 0.300 e. The SMILES string of the molecule is CC(=O)O.N=C(N)C1CCC(F)(F)C1. The van der Waals surface area contributed by atoms with Crippen molar-refractivity contribution < 1.29 is 18.7 Å². The molecule has 0 aromatic heterocycles. The number of amidine groups is 1. The van der Waals surface area contributed by atoms with Crippen LogP contribution in [-0.4, -0.2) is 22.8 Å². The van der Waals surface area contributed by atoms with Crippen molar-refractivity contribution in [2.75, 3.05) is 0 Å². The minimum atomic E-state index is -2.57. The van der Waals surface area contributed by atoms with Gasteiger partial charge >= 0.3 is 0 Å². The molecule has 1 fully saturated rings. The van der Waals surface area contributed by atoms with Gasteiger partial charge in [0, 0.05) is 25.7 Å². The Morgan fingerprint density at radius 1 is 1.64 bits per heavy atom. The molecule has 4 N–H and O–H groups in total. The van der Waals surface area contributed by atoms with Crippen LogP contribution in [0.25, 0.3) is 0 Å². The lowest BCUT2D eigenvalue weighted by Gasteiger charge is -2.07. The Labute approximate surface area is 80.6 Å². The van der Waals surface area contributed by atoms with Gasteiger partial charge in [-0.3, -0.25) is 10.2 Å². The summed E-state index contributed by atoms with van der Waals surface area (Å²) in [6.45, 7) is 1.08. The fraction of sp³-hybridized carbons (Fsp3) is 0.750. The first kappa shape index (κ1) is 12.8. The molecule has 0 aliphatic heterocycles. The van der Waals surface area contributed by atoms with Crippen molar-refractivity contribution in [1.82, 2.24) is 0 Å². The number of aliphatic carboxylic acids is 1. The molecule has 14 heavy (non-hydrogen) atoms. The summed E-state index contributed by atoms with van der Waals surface area (Å²) in [6.07, 6.45) is 0.0158. The zero-order valence-corrected chi connectivity index (χ0v) is 7.89. The lowest BCUT2D eigenvalue weighted by Crippen LogP contribution is -2.21. The number of carboxylic acids is 1. The molecule has 82 valence electrons. The minimum absolute atomic E-state index is 0.0998. The standard InChI is InChI=1S/C6H10F2N2.C2H4O2/c7-6(8)2-1-4(3-6)5(9)10;1-2(3)4/h4H,1-3H2,(H3,9,10);1H3,(H,3,4). The van der Waals surface area contributed by atoms with Gasteiger partial charge in [-0.2, -0.15) is 0 Å². The van der Waals surface area contributed by atoms with Gasteiger partial charge in [-0.05, 0) is 6.42 Å². The van der Waals surface area contributed by atoms with Gasteiger partial charge in [0.25, 0.3) is 5.97 Å². The van der Waals surface area contributed by atoms with E-state index in [-0.39, 0.29) is 24.6 Å². The molecule has 1 atom stereocenters. The maximum atomic E-state index is 12.4. The molecule has 0 aromatic rings. The van der Waals surface area contributed by atoms with Crippen molar-refractivity contribution in [2.45, 2.75) is 32.1 Å². The van der Waals surface area contributed by atoms with Crippen LogP contribution in [0.5, 0.6) is 0 Å². The Hall–Kier alpha value is -1.20. The zero-order chi connectivity index (χ0) is 11.4. The third kappa shape index (κ3) is 5.45. The number of nitrogens with one attached hydrogen (secondary N) is 1. The highest BCUT2D eigenvalue weighted by atomic mass is 19.3. The number of hydrogen-bond acceptors (Lipinski definition) is 2. The highest BCUT2D eigenvalue weighted by molar-refractivity contribution is 5.79. The summed E-state index contributed by atoms with van der Waals surface area (Å²) < 4.78 is 24.8. The van der Waals surface area contributed by atoms with Crippen LogP contribution in [0, 0.1) is 11.3 Å². The number of rotatable bonds is 1. The summed E-state index contributed by atoms with van der Waals surface area (Å²) in [5.41, 5.74) is 5.07. The molecule has 1 rings (SSSR count). The Balaban J connectivity index is 0.000000364. The highest BCUT2D eigenvalue weighted by Crippen LogP contribution is 2.38. The second-order valence-electron chi connectivity index (χ2n) is 3.27. The quantitative estimate of drug-likeness (QED) is 0.450. The number of alkyl halides is 2. The zero-order valence-electron chi connectivity index (χ0n) is 7.89. The lowest BCUT2D eigenvalue weighted by atomic mass is 10.1. The van der Waals surface area contributed by atoms with E-state index in [0.29, 0.717) is 6.42 Å². The number of carboxylic acid groups (broad SMARTS) is 1. The second-order valence-corrected chi connectivity index (χ2v) is 3.27. The summed E-state index contributed by atoms with van der Waals surface area (Å²) >= 11 is 0. The van der Waals surface area contributed by atoms with E-state index in [2.05, 4.69) is 0 Å². The van der Waals surface area contributed by atoms with E-state index in [1.54, 1.807) is 0 Å². The average molecular weight is 208 g/mol. The van der Waals surface area contributed by atoms with E-state index < -0.39 is 11.9 Å². The molecule has 0 spiro atoms. The molecule has 1 aliphatic rings. The summed E-state index contributed by atoms with van der Waals surface area (Å²) in [6, 6.07) is 0. The molecule has 0 aromatic carbocycles. The lowest BCUT2D eigenvalue weighted by molar-refractivity contribution is -0.134. The molecular formula is C8H14F2N2O2. The first-order valence-electron chi connectivity index (χ1n) is 4.16. The van der Waals surface area contributed by atoms with Gasteiger partial charge in [0.1, 0.15) is 0 Å². The fourth-order valence-corrected chi connectivity index (χ4v) is 1.22. The number of nitrogens with two attached hydrogens (primary N) is 1. The van der Waals surface area contributed by atoms with Crippen LogP contribution in [0.3, 0.4) is 0 Å². The van der Waals surface area contributed by atoms with Crippen LogP contribution in [-0.2, 0) is 4.79 Å². The van der Waals surface area contributed by atoms with E-state index in [1.165, 1.54) is 0 Å². The predicted molar refractivity (Wildman–Crippen MR) is 47.5 cm³/mol. The van der Waals surface area contributed by atoms with Gasteiger partial charge in [0.15, 0.2) is 0 Å². The molecule has 6 heteroatoms. The van der Waals surface area contributed by atoms with Crippen molar-refractivity contribution in [3.05, 3.63) is 0 Å². The summed E-state index contributed by atoms with van der Waals surface area (Å²) in [5.74, 6) is -3.89. The highest BCUT2D eigenvalue weighted by Gasteiger charge is 2.40. The Bertz CT molecular complexity index is 227. The van der Waals surface area contributed by atoms with Crippen molar-refractivity contribution in [3.8, 4) is 0 Å². The molecule has 0 saturated heterocycles. The van der Waals surface area contributed by atoms with Crippen molar-refractivity contribution in [2.24, 2.45) is 11.7 Å². The molecular weight excluding hydrogens is 194 g/mol. The Morgan fingerprint density at radius 2 is 2.07 bits per heavy atom. The van der Waals surface area contributed by atoms with Gasteiger partial charge < -0.3 is 10.8 Å². The summed E-state index contributed by atoms with van der Waals surface area (Å²) in [7, 11) is 0. The summed E-state index contributed by atoms with van der Waals surface area (Å²) in [4.78, 5) is 9.00. The van der Waals surface area contributed by atoms with Crippen molar-refractivity contribution in [3.63, 3.8) is 0 Å². The average Bonchev–Trinajstić information content (AvgIpc) is 2.28.